The average molecular weight is 433 g/mol. The van der Waals surface area contributed by atoms with Crippen LogP contribution < -0.4 is 5.32 Å². The van der Waals surface area contributed by atoms with Gasteiger partial charge in [0, 0.05) is 44.1 Å². The van der Waals surface area contributed by atoms with Gasteiger partial charge in [-0.1, -0.05) is 26.7 Å². The molecular formula is C18H32IN3O. The first-order valence-corrected chi connectivity index (χ1v) is 9.21. The number of aliphatic imine (C=N–C) groups is 1. The van der Waals surface area contributed by atoms with Crippen LogP contribution in [0.3, 0.4) is 0 Å². The molecule has 23 heavy (non-hydrogen) atoms. The van der Waals surface area contributed by atoms with Gasteiger partial charge in [-0.05, 0) is 31.1 Å². The summed E-state index contributed by atoms with van der Waals surface area (Å²) in [6, 6.07) is 0.515. The lowest BCUT2D eigenvalue weighted by molar-refractivity contribution is -0.107. The highest BCUT2D eigenvalue weighted by molar-refractivity contribution is 14.0. The first-order valence-electron chi connectivity index (χ1n) is 9.21. The van der Waals surface area contributed by atoms with Crippen LogP contribution in [-0.2, 0) is 4.74 Å². The average Bonchev–Trinajstić information content (AvgIpc) is 3.12. The predicted molar refractivity (Wildman–Crippen MR) is 104 cm³/mol. The van der Waals surface area contributed by atoms with Crippen molar-refractivity contribution in [1.29, 1.82) is 0 Å². The third-order valence-electron chi connectivity index (χ3n) is 6.87. The van der Waals surface area contributed by atoms with Crippen molar-refractivity contribution >= 4 is 29.9 Å². The monoisotopic (exact) mass is 433 g/mol. The van der Waals surface area contributed by atoms with Gasteiger partial charge in [-0.15, -0.1) is 24.0 Å². The lowest BCUT2D eigenvalue weighted by atomic mass is 9.57. The molecule has 5 unspecified atom stereocenters. The summed E-state index contributed by atoms with van der Waals surface area (Å²) in [5, 5.41) is 3.81. The summed E-state index contributed by atoms with van der Waals surface area (Å²) in [5.74, 6) is 3.63. The highest BCUT2D eigenvalue weighted by Gasteiger charge is 2.59. The van der Waals surface area contributed by atoms with Crippen LogP contribution in [0.15, 0.2) is 4.99 Å². The van der Waals surface area contributed by atoms with Gasteiger partial charge in [-0.2, -0.15) is 0 Å². The molecule has 2 aliphatic carbocycles. The molecule has 2 saturated carbocycles. The van der Waals surface area contributed by atoms with Gasteiger partial charge >= 0.3 is 0 Å². The van der Waals surface area contributed by atoms with Crippen LogP contribution in [-0.4, -0.2) is 49.7 Å². The van der Waals surface area contributed by atoms with E-state index in [0.29, 0.717) is 18.1 Å². The van der Waals surface area contributed by atoms with Gasteiger partial charge in [0.1, 0.15) is 0 Å². The van der Waals surface area contributed by atoms with E-state index >= 15 is 0 Å². The minimum Gasteiger partial charge on any atom is -0.377 e. The Bertz CT molecular complexity index is 453. The largest absolute Gasteiger partial charge is 0.377 e. The van der Waals surface area contributed by atoms with Crippen molar-refractivity contribution in [3.8, 4) is 0 Å². The molecule has 2 aliphatic heterocycles. The zero-order valence-corrected chi connectivity index (χ0v) is 17.1. The van der Waals surface area contributed by atoms with Crippen LogP contribution in [0.4, 0.5) is 0 Å². The zero-order chi connectivity index (χ0) is 15.3. The summed E-state index contributed by atoms with van der Waals surface area (Å²) in [4.78, 5) is 7.15. The molecule has 0 amide bonds. The highest BCUT2D eigenvalue weighted by atomic mass is 127. The van der Waals surface area contributed by atoms with Gasteiger partial charge in [-0.3, -0.25) is 4.99 Å². The van der Waals surface area contributed by atoms with Crippen LogP contribution >= 0.6 is 24.0 Å². The summed E-state index contributed by atoms with van der Waals surface area (Å²) in [5.41, 5.74) is 0.226. The van der Waals surface area contributed by atoms with Crippen LogP contribution in [0.5, 0.6) is 0 Å². The maximum absolute atomic E-state index is 5.92. The number of nitrogens with one attached hydrogen (secondary N) is 1. The van der Waals surface area contributed by atoms with E-state index in [2.05, 4.69) is 29.1 Å². The van der Waals surface area contributed by atoms with E-state index < -0.39 is 0 Å². The summed E-state index contributed by atoms with van der Waals surface area (Å²) in [6.45, 7) is 8.04. The number of halogens is 1. The molecule has 4 nitrogen and oxygen atoms in total. The maximum Gasteiger partial charge on any atom is 0.193 e. The van der Waals surface area contributed by atoms with Crippen molar-refractivity contribution in [2.75, 3.05) is 26.7 Å². The molecule has 4 fully saturated rings. The molecule has 4 aliphatic rings. The molecule has 0 aromatic heterocycles. The molecule has 2 saturated heterocycles. The SMILES string of the molecule is CN=C(NC1C2CCOC2C1(C)C)N1CC2CCCCC2C1.I. The highest BCUT2D eigenvalue weighted by Crippen LogP contribution is 2.52. The first-order chi connectivity index (χ1) is 10.6. The number of fused-ring (bicyclic) bond motifs is 2. The Kier molecular flexibility index (Phi) is 5.17. The minimum atomic E-state index is 0. The molecule has 1 N–H and O–H groups in total. The van der Waals surface area contributed by atoms with E-state index in [0.717, 1.165) is 24.4 Å². The van der Waals surface area contributed by atoms with Crippen molar-refractivity contribution in [1.82, 2.24) is 10.2 Å². The van der Waals surface area contributed by atoms with Crippen molar-refractivity contribution < 1.29 is 4.74 Å². The fourth-order valence-electron chi connectivity index (χ4n) is 5.63. The second-order valence-electron chi connectivity index (χ2n) is 8.44. The van der Waals surface area contributed by atoms with Gasteiger partial charge in [0.05, 0.1) is 6.10 Å². The number of guanidine groups is 1. The number of hydrogen-bond donors (Lipinski definition) is 1. The van der Waals surface area contributed by atoms with Crippen LogP contribution in [0, 0.1) is 23.2 Å². The number of rotatable bonds is 1. The van der Waals surface area contributed by atoms with Gasteiger partial charge in [0.15, 0.2) is 5.96 Å². The molecule has 5 heteroatoms. The summed E-state index contributed by atoms with van der Waals surface area (Å²) in [6.07, 6.45) is 7.35. The lowest BCUT2D eigenvalue weighted by Crippen LogP contribution is -2.68. The van der Waals surface area contributed by atoms with Crippen molar-refractivity contribution in [2.24, 2.45) is 28.2 Å². The molecule has 2 heterocycles. The Morgan fingerprint density at radius 3 is 2.39 bits per heavy atom. The molecule has 0 radical (unpaired) electrons. The first kappa shape index (κ1) is 17.8. The quantitative estimate of drug-likeness (QED) is 0.392. The molecule has 4 rings (SSSR count). The fourth-order valence-corrected chi connectivity index (χ4v) is 5.63. The second kappa shape index (κ2) is 6.70. The van der Waals surface area contributed by atoms with Crippen molar-refractivity contribution in [3.05, 3.63) is 0 Å². The molecule has 0 bridgehead atoms. The summed E-state index contributed by atoms with van der Waals surface area (Å²) >= 11 is 0. The summed E-state index contributed by atoms with van der Waals surface area (Å²) < 4.78 is 5.92. The van der Waals surface area contributed by atoms with Gasteiger partial charge in [-0.25, -0.2) is 0 Å². The number of ether oxygens (including phenoxy) is 1. The summed E-state index contributed by atoms with van der Waals surface area (Å²) in [7, 11) is 1.94. The predicted octanol–water partition coefficient (Wildman–Crippen LogP) is 3.12. The molecule has 5 atom stereocenters. The topological polar surface area (TPSA) is 36.9 Å². The van der Waals surface area contributed by atoms with Crippen molar-refractivity contribution in [3.63, 3.8) is 0 Å². The van der Waals surface area contributed by atoms with Crippen molar-refractivity contribution in [2.45, 2.75) is 58.1 Å². The van der Waals surface area contributed by atoms with E-state index in [-0.39, 0.29) is 29.4 Å². The third kappa shape index (κ3) is 2.90. The molecule has 132 valence electrons. The number of nitrogens with zero attached hydrogens (tertiary/aromatic N) is 2. The van der Waals surface area contributed by atoms with Crippen LogP contribution in [0.1, 0.15) is 46.0 Å². The Morgan fingerprint density at radius 1 is 1.13 bits per heavy atom. The van der Waals surface area contributed by atoms with E-state index in [1.54, 1.807) is 0 Å². The molecular weight excluding hydrogens is 401 g/mol. The van der Waals surface area contributed by atoms with Gasteiger partial charge < -0.3 is 15.0 Å². The fraction of sp³-hybridized carbons (Fsp3) is 0.944. The van der Waals surface area contributed by atoms with E-state index in [1.165, 1.54) is 45.2 Å². The molecule has 0 aromatic rings. The normalized spacial score (nSPS) is 41.6. The molecule has 0 spiro atoms. The maximum atomic E-state index is 5.92. The van der Waals surface area contributed by atoms with E-state index in [1.807, 2.05) is 7.05 Å². The van der Waals surface area contributed by atoms with Crippen LogP contribution in [0.2, 0.25) is 0 Å². The Labute approximate surface area is 157 Å². The van der Waals surface area contributed by atoms with E-state index in [4.69, 9.17) is 4.74 Å². The van der Waals surface area contributed by atoms with Crippen LogP contribution in [0.25, 0.3) is 0 Å². The van der Waals surface area contributed by atoms with Gasteiger partial charge in [0.25, 0.3) is 0 Å². The second-order valence-corrected chi connectivity index (χ2v) is 8.44. The standard InChI is InChI=1S/C18H31N3O.HI/c1-18(2)15(14-8-9-22-16(14)18)20-17(19-3)21-10-12-6-4-5-7-13(12)11-21;/h12-16H,4-11H2,1-3H3,(H,19,20);1H. The minimum absolute atomic E-state index is 0. The Morgan fingerprint density at radius 2 is 1.78 bits per heavy atom. The third-order valence-corrected chi connectivity index (χ3v) is 6.87. The Balaban J connectivity index is 0.00000156. The van der Waals surface area contributed by atoms with Gasteiger partial charge in [0.2, 0.25) is 0 Å². The zero-order valence-electron chi connectivity index (χ0n) is 14.8. The smallest absolute Gasteiger partial charge is 0.193 e. The Hall–Kier alpha value is -0.0400. The number of hydrogen-bond acceptors (Lipinski definition) is 2. The lowest BCUT2D eigenvalue weighted by Gasteiger charge is -2.55. The molecule has 0 aromatic carbocycles. The van der Waals surface area contributed by atoms with E-state index in [9.17, 15) is 0 Å². The number of likely N-dealkylation sites (tertiary alicyclic amines) is 1.